The molecule has 0 saturated carbocycles. The zero-order valence-electron chi connectivity index (χ0n) is 13.4. The lowest BCUT2D eigenvalue weighted by Crippen LogP contribution is -2.34. The average molecular weight is 362 g/mol. The quantitative estimate of drug-likeness (QED) is 0.799. The number of benzene rings is 1. The lowest BCUT2D eigenvalue weighted by atomic mass is 10.1. The summed E-state index contributed by atoms with van der Waals surface area (Å²) >= 11 is 5.95. The molecule has 8 heteroatoms. The number of imide groups is 1. The minimum atomic E-state index is -0.711. The first-order valence-electron chi connectivity index (χ1n) is 7.59. The van der Waals surface area contributed by atoms with Gasteiger partial charge in [-0.2, -0.15) is 0 Å². The monoisotopic (exact) mass is 361 g/mol. The fourth-order valence-corrected chi connectivity index (χ4v) is 2.64. The summed E-state index contributed by atoms with van der Waals surface area (Å²) in [5, 5.41) is 3.04. The Labute approximate surface area is 149 Å². The number of halogens is 1. The lowest BCUT2D eigenvalue weighted by Gasteiger charge is -2.14. The Morgan fingerprint density at radius 2 is 2.00 bits per heavy atom. The first kappa shape index (κ1) is 17.0. The zero-order valence-corrected chi connectivity index (χ0v) is 14.2. The van der Waals surface area contributed by atoms with Gasteiger partial charge in [-0.25, -0.2) is 9.78 Å². The summed E-state index contributed by atoms with van der Waals surface area (Å²) in [5.74, 6) is 0.617. The van der Waals surface area contributed by atoms with Crippen molar-refractivity contribution in [1.29, 1.82) is 0 Å². The molecule has 1 N–H and O–H groups in total. The van der Waals surface area contributed by atoms with Crippen molar-refractivity contribution < 1.29 is 19.1 Å². The van der Waals surface area contributed by atoms with Crippen molar-refractivity contribution in [3.05, 3.63) is 53.2 Å². The fraction of sp³-hybridized carbons (Fsp3) is 0.235. The Kier molecular flexibility index (Phi) is 5.04. The molecular formula is C17H16ClN3O4. The van der Waals surface area contributed by atoms with Gasteiger partial charge in [0.2, 0.25) is 5.88 Å². The topological polar surface area (TPSA) is 80.8 Å². The molecule has 1 unspecified atom stereocenters. The van der Waals surface area contributed by atoms with Crippen LogP contribution in [0.5, 0.6) is 11.6 Å². The largest absolute Gasteiger partial charge is 0.497 e. The molecule has 1 saturated heterocycles. The Bertz CT molecular complexity index is 782. The number of carbonyl (C=O) groups excluding carboxylic acids is 2. The molecule has 0 bridgehead atoms. The number of ether oxygens (including phenoxy) is 2. The third-order valence-corrected chi connectivity index (χ3v) is 4.04. The number of hydrogen-bond donors (Lipinski definition) is 1. The normalized spacial score (nSPS) is 16.7. The summed E-state index contributed by atoms with van der Waals surface area (Å²) in [4.78, 5) is 29.7. The summed E-state index contributed by atoms with van der Waals surface area (Å²) in [5.41, 5.74) is 0.690. The number of carbonyl (C=O) groups is 2. The zero-order chi connectivity index (χ0) is 17.8. The van der Waals surface area contributed by atoms with E-state index in [0.29, 0.717) is 16.3 Å². The SMILES string of the molecule is COc1ccc(C2NC(=O)N(CCOc3ncccc3Cl)C2=O)cc1. The van der Waals surface area contributed by atoms with Crippen LogP contribution in [0.2, 0.25) is 5.02 Å². The van der Waals surface area contributed by atoms with Crippen molar-refractivity contribution in [1.82, 2.24) is 15.2 Å². The van der Waals surface area contributed by atoms with Gasteiger partial charge < -0.3 is 14.8 Å². The maximum absolute atomic E-state index is 12.5. The Balaban J connectivity index is 1.62. The number of nitrogens with one attached hydrogen (secondary N) is 1. The smallest absolute Gasteiger partial charge is 0.325 e. The molecule has 7 nitrogen and oxygen atoms in total. The van der Waals surface area contributed by atoms with Crippen molar-refractivity contribution in [2.45, 2.75) is 6.04 Å². The van der Waals surface area contributed by atoms with Crippen molar-refractivity contribution in [3.63, 3.8) is 0 Å². The first-order valence-corrected chi connectivity index (χ1v) is 7.97. The van der Waals surface area contributed by atoms with E-state index in [-0.39, 0.29) is 24.9 Å². The predicted octanol–water partition coefficient (Wildman–Crippen LogP) is 2.42. The van der Waals surface area contributed by atoms with Crippen LogP contribution in [0.15, 0.2) is 42.6 Å². The second-order valence-corrected chi connectivity index (χ2v) is 5.69. The number of aromatic nitrogens is 1. The van der Waals surface area contributed by atoms with Crippen LogP contribution in [-0.4, -0.2) is 42.1 Å². The maximum Gasteiger partial charge on any atom is 0.325 e. The van der Waals surface area contributed by atoms with Crippen molar-refractivity contribution in [2.24, 2.45) is 0 Å². The summed E-state index contributed by atoms with van der Waals surface area (Å²) in [6.07, 6.45) is 1.55. The van der Waals surface area contributed by atoms with E-state index >= 15 is 0 Å². The molecule has 1 aromatic carbocycles. The Morgan fingerprint density at radius 1 is 1.24 bits per heavy atom. The highest BCUT2D eigenvalue weighted by molar-refractivity contribution is 6.31. The van der Waals surface area contributed by atoms with Crippen LogP contribution >= 0.6 is 11.6 Å². The van der Waals surface area contributed by atoms with Crippen molar-refractivity contribution in [2.75, 3.05) is 20.3 Å². The first-order chi connectivity index (χ1) is 12.1. The van der Waals surface area contributed by atoms with Gasteiger partial charge in [-0.05, 0) is 29.8 Å². The highest BCUT2D eigenvalue weighted by Gasteiger charge is 2.38. The van der Waals surface area contributed by atoms with Gasteiger partial charge in [0.1, 0.15) is 23.4 Å². The molecule has 1 aliphatic rings. The molecule has 1 aromatic heterocycles. The third kappa shape index (κ3) is 3.66. The van der Waals surface area contributed by atoms with Gasteiger partial charge in [-0.15, -0.1) is 0 Å². The van der Waals surface area contributed by atoms with E-state index in [0.717, 1.165) is 4.90 Å². The Hall–Kier alpha value is -2.80. The highest BCUT2D eigenvalue weighted by atomic mass is 35.5. The molecule has 1 fully saturated rings. The van der Waals surface area contributed by atoms with Crippen molar-refractivity contribution >= 4 is 23.5 Å². The molecule has 3 rings (SSSR count). The van der Waals surface area contributed by atoms with Gasteiger partial charge in [0.15, 0.2) is 0 Å². The molecule has 2 aromatic rings. The van der Waals surface area contributed by atoms with E-state index in [1.165, 1.54) is 0 Å². The second-order valence-electron chi connectivity index (χ2n) is 5.28. The molecule has 1 aliphatic heterocycles. The lowest BCUT2D eigenvalue weighted by molar-refractivity contribution is -0.127. The summed E-state index contributed by atoms with van der Waals surface area (Å²) in [7, 11) is 1.56. The van der Waals surface area contributed by atoms with Gasteiger partial charge in [0.25, 0.3) is 5.91 Å². The van der Waals surface area contributed by atoms with E-state index in [4.69, 9.17) is 21.1 Å². The van der Waals surface area contributed by atoms with Crippen LogP contribution in [0.4, 0.5) is 4.79 Å². The molecule has 0 aliphatic carbocycles. The molecule has 3 amide bonds. The van der Waals surface area contributed by atoms with Crippen LogP contribution in [0.25, 0.3) is 0 Å². The molecule has 0 radical (unpaired) electrons. The van der Waals surface area contributed by atoms with E-state index in [2.05, 4.69) is 10.3 Å². The van der Waals surface area contributed by atoms with Crippen LogP contribution < -0.4 is 14.8 Å². The van der Waals surface area contributed by atoms with Gasteiger partial charge in [0, 0.05) is 6.20 Å². The number of amides is 3. The van der Waals surface area contributed by atoms with Crippen LogP contribution in [0.3, 0.4) is 0 Å². The van der Waals surface area contributed by atoms with Gasteiger partial charge in [-0.3, -0.25) is 9.69 Å². The Morgan fingerprint density at radius 3 is 2.68 bits per heavy atom. The molecular weight excluding hydrogens is 346 g/mol. The summed E-state index contributed by atoms with van der Waals surface area (Å²) in [6.45, 7) is 0.204. The molecule has 0 spiro atoms. The summed E-state index contributed by atoms with van der Waals surface area (Å²) < 4.78 is 10.5. The number of methoxy groups -OCH3 is 1. The molecule has 2 heterocycles. The minimum absolute atomic E-state index is 0.101. The molecule has 130 valence electrons. The summed E-state index contributed by atoms with van der Waals surface area (Å²) in [6, 6.07) is 9.14. The van der Waals surface area contributed by atoms with Crippen LogP contribution in [-0.2, 0) is 4.79 Å². The highest BCUT2D eigenvalue weighted by Crippen LogP contribution is 2.24. The van der Waals surface area contributed by atoms with E-state index in [9.17, 15) is 9.59 Å². The number of hydrogen-bond acceptors (Lipinski definition) is 5. The van der Waals surface area contributed by atoms with Gasteiger partial charge in [-0.1, -0.05) is 23.7 Å². The maximum atomic E-state index is 12.5. The van der Waals surface area contributed by atoms with Crippen molar-refractivity contribution in [3.8, 4) is 11.6 Å². The van der Waals surface area contributed by atoms with E-state index in [1.54, 1.807) is 49.7 Å². The van der Waals surface area contributed by atoms with E-state index in [1.807, 2.05) is 0 Å². The molecule has 1 atom stereocenters. The van der Waals surface area contributed by atoms with Gasteiger partial charge >= 0.3 is 6.03 Å². The minimum Gasteiger partial charge on any atom is -0.497 e. The fourth-order valence-electron chi connectivity index (χ4n) is 2.46. The number of nitrogens with zero attached hydrogens (tertiary/aromatic N) is 2. The average Bonchev–Trinajstić information content (AvgIpc) is 2.91. The third-order valence-electron chi connectivity index (χ3n) is 3.75. The van der Waals surface area contributed by atoms with Gasteiger partial charge in [0.05, 0.1) is 13.7 Å². The van der Waals surface area contributed by atoms with Crippen LogP contribution in [0, 0.1) is 0 Å². The predicted molar refractivity (Wildman–Crippen MR) is 90.7 cm³/mol. The van der Waals surface area contributed by atoms with E-state index < -0.39 is 12.1 Å². The number of rotatable bonds is 6. The van der Waals surface area contributed by atoms with Crippen LogP contribution in [0.1, 0.15) is 11.6 Å². The second kappa shape index (κ2) is 7.40. The standard InChI is InChI=1S/C17H16ClN3O4/c1-24-12-6-4-11(5-7-12)14-16(22)21(17(23)20-14)9-10-25-15-13(18)3-2-8-19-15/h2-8,14H,9-10H2,1H3,(H,20,23). The molecule has 25 heavy (non-hydrogen) atoms. The number of pyridine rings is 1. The number of urea groups is 1.